The Bertz CT molecular complexity index is 1010. The Labute approximate surface area is 167 Å². The van der Waals surface area contributed by atoms with Crippen LogP contribution in [0.2, 0.25) is 0 Å². The molecule has 1 heterocycles. The van der Waals surface area contributed by atoms with Crippen LogP contribution in [0, 0.1) is 5.82 Å². The van der Waals surface area contributed by atoms with Gasteiger partial charge in [0.05, 0.1) is 0 Å². The number of aromatic nitrogens is 3. The van der Waals surface area contributed by atoms with E-state index in [-0.39, 0.29) is 17.4 Å². The van der Waals surface area contributed by atoms with Gasteiger partial charge in [0.2, 0.25) is 5.95 Å². The third kappa shape index (κ3) is 4.25. The van der Waals surface area contributed by atoms with E-state index in [1.54, 1.807) is 16.7 Å². The minimum atomic E-state index is -0.275. The molecular formula is C21H21FN4OS. The highest BCUT2D eigenvalue weighted by Crippen LogP contribution is 2.36. The Morgan fingerprint density at radius 3 is 2.46 bits per heavy atom. The van der Waals surface area contributed by atoms with Crippen molar-refractivity contribution in [3.63, 3.8) is 0 Å². The molecule has 2 aromatic carbocycles. The fourth-order valence-electron chi connectivity index (χ4n) is 2.92. The fourth-order valence-corrected chi connectivity index (χ4v) is 3.73. The Hall–Kier alpha value is -2.67. The monoisotopic (exact) mass is 396 g/mol. The quantitative estimate of drug-likeness (QED) is 0.586. The second-order valence-electron chi connectivity index (χ2n) is 6.79. The Morgan fingerprint density at radius 2 is 1.82 bits per heavy atom. The Morgan fingerprint density at radius 1 is 1.11 bits per heavy atom. The van der Waals surface area contributed by atoms with Crippen molar-refractivity contribution in [2.45, 2.75) is 42.9 Å². The smallest absolute Gasteiger partial charge is 0.278 e. The van der Waals surface area contributed by atoms with Gasteiger partial charge in [-0.2, -0.15) is 0 Å². The highest BCUT2D eigenvalue weighted by Gasteiger charge is 2.29. The van der Waals surface area contributed by atoms with Gasteiger partial charge in [-0.1, -0.05) is 19.1 Å². The zero-order chi connectivity index (χ0) is 19.5. The lowest BCUT2D eigenvalue weighted by molar-refractivity contribution is 0.626. The van der Waals surface area contributed by atoms with Gasteiger partial charge >= 0.3 is 0 Å². The SMILES string of the molecule is CCc1ccc(Nc2nnc(CSc3ccc(F)cc3)c(=O)n2C2CC2)cc1. The van der Waals surface area contributed by atoms with Crippen molar-refractivity contribution in [3.8, 4) is 0 Å². The summed E-state index contributed by atoms with van der Waals surface area (Å²) in [7, 11) is 0. The van der Waals surface area contributed by atoms with Gasteiger partial charge in [0.15, 0.2) is 0 Å². The van der Waals surface area contributed by atoms with Crippen LogP contribution < -0.4 is 10.9 Å². The van der Waals surface area contributed by atoms with Gasteiger partial charge < -0.3 is 5.32 Å². The summed E-state index contributed by atoms with van der Waals surface area (Å²) in [5.74, 6) is 0.602. The minimum Gasteiger partial charge on any atom is -0.324 e. The zero-order valence-electron chi connectivity index (χ0n) is 15.6. The van der Waals surface area contributed by atoms with Gasteiger partial charge in [-0.25, -0.2) is 4.39 Å². The summed E-state index contributed by atoms with van der Waals surface area (Å²) < 4.78 is 14.8. The van der Waals surface area contributed by atoms with E-state index >= 15 is 0 Å². The van der Waals surface area contributed by atoms with E-state index in [1.165, 1.54) is 29.5 Å². The summed E-state index contributed by atoms with van der Waals surface area (Å²) in [6.07, 6.45) is 2.92. The van der Waals surface area contributed by atoms with Crippen LogP contribution in [0.5, 0.6) is 0 Å². The van der Waals surface area contributed by atoms with Crippen molar-refractivity contribution in [2.24, 2.45) is 0 Å². The van der Waals surface area contributed by atoms with E-state index in [0.717, 1.165) is 29.8 Å². The number of benzene rings is 2. The molecule has 1 aromatic heterocycles. The first kappa shape index (κ1) is 18.7. The first-order valence-electron chi connectivity index (χ1n) is 9.36. The summed E-state index contributed by atoms with van der Waals surface area (Å²) in [5.41, 5.74) is 2.44. The maximum absolute atomic E-state index is 13.0. The lowest BCUT2D eigenvalue weighted by atomic mass is 10.1. The number of halogens is 1. The lowest BCUT2D eigenvalue weighted by Gasteiger charge is -2.13. The van der Waals surface area contributed by atoms with Gasteiger partial charge in [0.1, 0.15) is 11.5 Å². The molecule has 1 fully saturated rings. The topological polar surface area (TPSA) is 59.8 Å². The molecule has 0 saturated heterocycles. The molecule has 7 heteroatoms. The average Bonchev–Trinajstić information content (AvgIpc) is 3.54. The molecule has 1 saturated carbocycles. The van der Waals surface area contributed by atoms with Crippen LogP contribution >= 0.6 is 11.8 Å². The molecule has 144 valence electrons. The maximum atomic E-state index is 13.0. The van der Waals surface area contributed by atoms with Crippen LogP contribution in [-0.2, 0) is 12.2 Å². The first-order valence-corrected chi connectivity index (χ1v) is 10.3. The van der Waals surface area contributed by atoms with Crippen molar-refractivity contribution in [2.75, 3.05) is 5.32 Å². The first-order chi connectivity index (χ1) is 13.6. The molecular weight excluding hydrogens is 375 g/mol. The van der Waals surface area contributed by atoms with Crippen molar-refractivity contribution >= 4 is 23.4 Å². The third-order valence-corrected chi connectivity index (χ3v) is 5.70. The summed E-state index contributed by atoms with van der Waals surface area (Å²) in [6, 6.07) is 14.5. The summed E-state index contributed by atoms with van der Waals surface area (Å²) in [4.78, 5) is 13.9. The van der Waals surface area contributed by atoms with Gasteiger partial charge in [0.25, 0.3) is 5.56 Å². The number of thioether (sulfide) groups is 1. The largest absolute Gasteiger partial charge is 0.324 e. The molecule has 1 aliphatic carbocycles. The van der Waals surface area contributed by atoms with Crippen LogP contribution in [0.4, 0.5) is 16.0 Å². The molecule has 3 aromatic rings. The zero-order valence-corrected chi connectivity index (χ0v) is 16.4. The van der Waals surface area contributed by atoms with Gasteiger partial charge in [-0.05, 0) is 61.2 Å². The van der Waals surface area contributed by atoms with Crippen LogP contribution in [0.1, 0.15) is 37.1 Å². The highest BCUT2D eigenvalue weighted by atomic mass is 32.2. The van der Waals surface area contributed by atoms with E-state index in [9.17, 15) is 9.18 Å². The molecule has 5 nitrogen and oxygen atoms in total. The number of anilines is 2. The maximum Gasteiger partial charge on any atom is 0.278 e. The number of nitrogens with zero attached hydrogens (tertiary/aromatic N) is 3. The average molecular weight is 396 g/mol. The van der Waals surface area contributed by atoms with E-state index in [0.29, 0.717) is 17.4 Å². The van der Waals surface area contributed by atoms with Gasteiger partial charge in [-0.15, -0.1) is 22.0 Å². The van der Waals surface area contributed by atoms with Crippen molar-refractivity contribution in [1.29, 1.82) is 0 Å². The van der Waals surface area contributed by atoms with Crippen LogP contribution in [0.25, 0.3) is 0 Å². The fraction of sp³-hybridized carbons (Fsp3) is 0.286. The second kappa shape index (κ2) is 8.14. The molecule has 0 amide bonds. The molecule has 0 aliphatic heterocycles. The predicted molar refractivity (Wildman–Crippen MR) is 110 cm³/mol. The van der Waals surface area contributed by atoms with E-state index < -0.39 is 0 Å². The number of nitrogens with one attached hydrogen (secondary N) is 1. The molecule has 4 rings (SSSR count). The van der Waals surface area contributed by atoms with Gasteiger partial charge in [-0.3, -0.25) is 9.36 Å². The van der Waals surface area contributed by atoms with E-state index in [1.807, 2.05) is 12.1 Å². The Kier molecular flexibility index (Phi) is 5.43. The molecule has 1 aliphatic rings. The number of hydrogen-bond acceptors (Lipinski definition) is 5. The molecule has 1 N–H and O–H groups in total. The summed E-state index contributed by atoms with van der Waals surface area (Å²) in [6.45, 7) is 2.11. The number of hydrogen-bond donors (Lipinski definition) is 1. The third-order valence-electron chi connectivity index (χ3n) is 4.68. The van der Waals surface area contributed by atoms with E-state index in [4.69, 9.17) is 0 Å². The van der Waals surface area contributed by atoms with Crippen LogP contribution in [0.15, 0.2) is 58.2 Å². The van der Waals surface area contributed by atoms with Crippen molar-refractivity contribution < 1.29 is 4.39 Å². The number of rotatable bonds is 7. The molecule has 0 radical (unpaired) electrons. The molecule has 0 unspecified atom stereocenters. The number of aryl methyl sites for hydroxylation is 1. The van der Waals surface area contributed by atoms with Crippen LogP contribution in [-0.4, -0.2) is 14.8 Å². The van der Waals surface area contributed by atoms with Crippen molar-refractivity contribution in [3.05, 3.63) is 76.0 Å². The molecule has 28 heavy (non-hydrogen) atoms. The molecule has 0 bridgehead atoms. The predicted octanol–water partition coefficient (Wildman–Crippen LogP) is 4.71. The Balaban J connectivity index is 1.55. The lowest BCUT2D eigenvalue weighted by Crippen LogP contribution is -2.27. The van der Waals surface area contributed by atoms with Gasteiger partial charge in [0, 0.05) is 22.4 Å². The summed E-state index contributed by atoms with van der Waals surface area (Å²) >= 11 is 1.45. The summed E-state index contributed by atoms with van der Waals surface area (Å²) in [5, 5.41) is 11.7. The molecule has 0 spiro atoms. The normalized spacial score (nSPS) is 13.5. The second-order valence-corrected chi connectivity index (χ2v) is 7.84. The minimum absolute atomic E-state index is 0.111. The van der Waals surface area contributed by atoms with E-state index in [2.05, 4.69) is 34.6 Å². The standard InChI is InChI=1S/C21H21FN4OS/c1-2-14-3-7-16(8-4-14)23-21-25-24-19(20(27)26(21)17-9-10-17)13-28-18-11-5-15(22)6-12-18/h3-8,11-12,17H,2,9-10,13H2,1H3,(H,23,25). The highest BCUT2D eigenvalue weighted by molar-refractivity contribution is 7.98. The van der Waals surface area contributed by atoms with Crippen molar-refractivity contribution in [1.82, 2.24) is 14.8 Å². The van der Waals surface area contributed by atoms with Crippen LogP contribution in [0.3, 0.4) is 0 Å². The molecule has 0 atom stereocenters.